The van der Waals surface area contributed by atoms with Crippen LogP contribution in [0.15, 0.2) is 18.2 Å². The first-order valence-corrected chi connectivity index (χ1v) is 5.02. The van der Waals surface area contributed by atoms with E-state index in [0.29, 0.717) is 0 Å². The molecule has 14 heavy (non-hydrogen) atoms. The average Bonchev–Trinajstić information content (AvgIpc) is 2.42. The molecule has 3 nitrogen and oxygen atoms in total. The van der Waals surface area contributed by atoms with Crippen molar-refractivity contribution in [3.8, 4) is 0 Å². The van der Waals surface area contributed by atoms with Gasteiger partial charge in [0.05, 0.1) is 12.2 Å². The van der Waals surface area contributed by atoms with Gasteiger partial charge in [-0.3, -0.25) is 4.68 Å². The van der Waals surface area contributed by atoms with E-state index in [1.54, 1.807) is 0 Å². The van der Waals surface area contributed by atoms with Crippen LogP contribution < -0.4 is 5.32 Å². The standard InChI is InChI=1S/C11H19N3/c1-5-12-7-9(2)8-14-11(4)6-10(3)13-14/h6,12H,2,5,7-8H2,1,3-4H3. The molecule has 0 atom stereocenters. The molecule has 0 aliphatic carbocycles. The van der Waals surface area contributed by atoms with E-state index >= 15 is 0 Å². The molecule has 0 fully saturated rings. The highest BCUT2D eigenvalue weighted by Crippen LogP contribution is 2.04. The van der Waals surface area contributed by atoms with Crippen molar-refractivity contribution in [2.75, 3.05) is 13.1 Å². The molecule has 0 saturated carbocycles. The van der Waals surface area contributed by atoms with Crippen molar-refractivity contribution in [1.29, 1.82) is 0 Å². The van der Waals surface area contributed by atoms with Crippen LogP contribution in [0.1, 0.15) is 18.3 Å². The van der Waals surface area contributed by atoms with E-state index in [0.717, 1.165) is 30.9 Å². The van der Waals surface area contributed by atoms with Gasteiger partial charge in [0.2, 0.25) is 0 Å². The second-order valence-electron chi connectivity index (χ2n) is 3.62. The van der Waals surface area contributed by atoms with Crippen molar-refractivity contribution in [1.82, 2.24) is 15.1 Å². The molecule has 0 aromatic carbocycles. The summed E-state index contributed by atoms with van der Waals surface area (Å²) in [5, 5.41) is 7.64. The highest BCUT2D eigenvalue weighted by atomic mass is 15.3. The Labute approximate surface area is 85.8 Å². The van der Waals surface area contributed by atoms with Crippen LogP contribution in [0.25, 0.3) is 0 Å². The number of aromatic nitrogens is 2. The van der Waals surface area contributed by atoms with Crippen molar-refractivity contribution in [3.05, 3.63) is 29.6 Å². The number of nitrogens with one attached hydrogen (secondary N) is 1. The van der Waals surface area contributed by atoms with Gasteiger partial charge in [-0.15, -0.1) is 0 Å². The molecule has 3 heteroatoms. The first-order chi connectivity index (χ1) is 6.63. The SMILES string of the molecule is C=C(CNCC)Cn1nc(C)cc1C. The van der Waals surface area contributed by atoms with Crippen molar-refractivity contribution < 1.29 is 0 Å². The molecular formula is C11H19N3. The van der Waals surface area contributed by atoms with Crippen LogP contribution in [0.3, 0.4) is 0 Å². The Bertz CT molecular complexity index is 312. The summed E-state index contributed by atoms with van der Waals surface area (Å²) in [7, 11) is 0. The monoisotopic (exact) mass is 193 g/mol. The number of hydrogen-bond donors (Lipinski definition) is 1. The largest absolute Gasteiger partial charge is 0.313 e. The van der Waals surface area contributed by atoms with Crippen LogP contribution in [-0.2, 0) is 6.54 Å². The van der Waals surface area contributed by atoms with Crippen LogP contribution in [-0.4, -0.2) is 22.9 Å². The average molecular weight is 193 g/mol. The lowest BCUT2D eigenvalue weighted by Gasteiger charge is -2.07. The van der Waals surface area contributed by atoms with Crippen molar-refractivity contribution in [2.45, 2.75) is 27.3 Å². The van der Waals surface area contributed by atoms with Crippen LogP contribution in [0.4, 0.5) is 0 Å². The van der Waals surface area contributed by atoms with Gasteiger partial charge in [-0.05, 0) is 32.0 Å². The molecule has 1 heterocycles. The molecule has 0 bridgehead atoms. The smallest absolute Gasteiger partial charge is 0.0632 e. The van der Waals surface area contributed by atoms with Crippen LogP contribution in [0, 0.1) is 13.8 Å². The maximum atomic E-state index is 4.39. The Morgan fingerprint density at radius 3 is 2.79 bits per heavy atom. The Morgan fingerprint density at radius 1 is 1.57 bits per heavy atom. The number of aryl methyl sites for hydroxylation is 2. The second-order valence-corrected chi connectivity index (χ2v) is 3.62. The molecule has 1 aromatic heterocycles. The fourth-order valence-corrected chi connectivity index (χ4v) is 1.40. The minimum Gasteiger partial charge on any atom is -0.313 e. The van der Waals surface area contributed by atoms with E-state index < -0.39 is 0 Å². The van der Waals surface area contributed by atoms with Gasteiger partial charge in [-0.2, -0.15) is 5.10 Å². The maximum absolute atomic E-state index is 4.39. The summed E-state index contributed by atoms with van der Waals surface area (Å²) in [6, 6.07) is 2.08. The molecule has 0 spiro atoms. The van der Waals surface area contributed by atoms with E-state index in [-0.39, 0.29) is 0 Å². The highest BCUT2D eigenvalue weighted by Gasteiger charge is 2.01. The van der Waals surface area contributed by atoms with Gasteiger partial charge in [0.15, 0.2) is 0 Å². The number of hydrogen-bond acceptors (Lipinski definition) is 2. The summed E-state index contributed by atoms with van der Waals surface area (Å²) in [4.78, 5) is 0. The Kier molecular flexibility index (Phi) is 3.89. The minimum absolute atomic E-state index is 0.812. The summed E-state index contributed by atoms with van der Waals surface area (Å²) >= 11 is 0. The zero-order valence-corrected chi connectivity index (χ0v) is 9.30. The van der Waals surface area contributed by atoms with Gasteiger partial charge in [-0.25, -0.2) is 0 Å². The van der Waals surface area contributed by atoms with E-state index in [1.807, 2.05) is 11.6 Å². The topological polar surface area (TPSA) is 29.9 Å². The first kappa shape index (κ1) is 11.0. The van der Waals surface area contributed by atoms with Crippen LogP contribution >= 0.6 is 0 Å². The Balaban J connectivity index is 2.51. The molecule has 1 N–H and O–H groups in total. The van der Waals surface area contributed by atoms with Crippen LogP contribution in [0.5, 0.6) is 0 Å². The van der Waals surface area contributed by atoms with Crippen LogP contribution in [0.2, 0.25) is 0 Å². The van der Waals surface area contributed by atoms with Gasteiger partial charge in [0.25, 0.3) is 0 Å². The third kappa shape index (κ3) is 3.00. The summed E-state index contributed by atoms with van der Waals surface area (Å²) in [5.41, 5.74) is 3.43. The molecule has 1 rings (SSSR count). The second kappa shape index (κ2) is 4.96. The molecule has 0 unspecified atom stereocenters. The zero-order chi connectivity index (χ0) is 10.6. The number of likely N-dealkylation sites (N-methyl/N-ethyl adjacent to an activating group) is 1. The highest BCUT2D eigenvalue weighted by molar-refractivity contribution is 5.09. The quantitative estimate of drug-likeness (QED) is 0.721. The molecule has 1 aromatic rings. The lowest BCUT2D eigenvalue weighted by molar-refractivity contribution is 0.625. The molecule has 0 amide bonds. The third-order valence-corrected chi connectivity index (χ3v) is 2.10. The van der Waals surface area contributed by atoms with Gasteiger partial charge < -0.3 is 5.32 Å². The van der Waals surface area contributed by atoms with E-state index in [9.17, 15) is 0 Å². The van der Waals surface area contributed by atoms with Gasteiger partial charge in [-0.1, -0.05) is 13.5 Å². The summed E-state index contributed by atoms with van der Waals surface area (Å²) in [6.07, 6.45) is 0. The van der Waals surface area contributed by atoms with Gasteiger partial charge in [0.1, 0.15) is 0 Å². The van der Waals surface area contributed by atoms with Crippen molar-refractivity contribution in [3.63, 3.8) is 0 Å². The normalized spacial score (nSPS) is 10.5. The van der Waals surface area contributed by atoms with Crippen molar-refractivity contribution in [2.24, 2.45) is 0 Å². The maximum Gasteiger partial charge on any atom is 0.0632 e. The molecule has 0 aliphatic heterocycles. The molecule has 0 radical (unpaired) electrons. The molecule has 0 aliphatic rings. The van der Waals surface area contributed by atoms with Crippen molar-refractivity contribution >= 4 is 0 Å². The lowest BCUT2D eigenvalue weighted by Crippen LogP contribution is -2.18. The Morgan fingerprint density at radius 2 is 2.29 bits per heavy atom. The number of rotatable bonds is 5. The fourth-order valence-electron chi connectivity index (χ4n) is 1.40. The summed E-state index contributed by atoms with van der Waals surface area (Å²) in [5.74, 6) is 0. The minimum atomic E-state index is 0.812. The van der Waals surface area contributed by atoms with E-state index in [1.165, 1.54) is 5.69 Å². The molecule has 78 valence electrons. The fraction of sp³-hybridized carbons (Fsp3) is 0.545. The predicted octanol–water partition coefficient (Wildman–Crippen LogP) is 1.67. The third-order valence-electron chi connectivity index (χ3n) is 2.10. The molecular weight excluding hydrogens is 174 g/mol. The zero-order valence-electron chi connectivity index (χ0n) is 9.30. The van der Waals surface area contributed by atoms with Gasteiger partial charge >= 0.3 is 0 Å². The van der Waals surface area contributed by atoms with Gasteiger partial charge in [0, 0.05) is 12.2 Å². The predicted molar refractivity (Wildman–Crippen MR) is 59.4 cm³/mol. The summed E-state index contributed by atoms with van der Waals surface area (Å²) < 4.78 is 2.00. The van der Waals surface area contributed by atoms with E-state index in [4.69, 9.17) is 0 Å². The lowest BCUT2D eigenvalue weighted by atomic mass is 10.3. The summed E-state index contributed by atoms with van der Waals surface area (Å²) in [6.45, 7) is 12.9. The first-order valence-electron chi connectivity index (χ1n) is 5.02. The number of nitrogens with zero attached hydrogens (tertiary/aromatic N) is 2. The molecule has 0 saturated heterocycles. The van der Waals surface area contributed by atoms with E-state index in [2.05, 4.69) is 36.9 Å². The Hall–Kier alpha value is -1.09.